The molecule has 0 bridgehead atoms. The average Bonchev–Trinajstić information content (AvgIpc) is 2.47. The normalized spacial score (nSPS) is 22.9. The van der Waals surface area contributed by atoms with Gasteiger partial charge in [-0.15, -0.1) is 11.8 Å². The minimum Gasteiger partial charge on any atom is -0.398 e. The number of fused-ring (bicyclic) bond motifs is 1. The van der Waals surface area contributed by atoms with E-state index in [1.165, 1.54) is 24.0 Å². The molecule has 3 nitrogen and oxygen atoms in total. The number of nitrogen functional groups attached to an aromatic ring is 1. The minimum absolute atomic E-state index is 0.191. The molecule has 19 heavy (non-hydrogen) atoms. The largest absolute Gasteiger partial charge is 0.398 e. The van der Waals surface area contributed by atoms with Gasteiger partial charge in [0.25, 0.3) is 0 Å². The lowest BCUT2D eigenvalue weighted by Crippen LogP contribution is -2.41. The first-order chi connectivity index (χ1) is 9.25. The van der Waals surface area contributed by atoms with Gasteiger partial charge in [-0.05, 0) is 42.2 Å². The summed E-state index contributed by atoms with van der Waals surface area (Å²) in [6, 6.07) is 6.03. The van der Waals surface area contributed by atoms with Gasteiger partial charge >= 0.3 is 0 Å². The second-order valence-corrected chi connectivity index (χ2v) is 6.66. The van der Waals surface area contributed by atoms with Crippen LogP contribution in [0.25, 0.3) is 0 Å². The monoisotopic (exact) mass is 276 g/mol. The first-order valence-corrected chi connectivity index (χ1v) is 8.07. The molecule has 1 atom stereocenters. The third kappa shape index (κ3) is 2.59. The summed E-state index contributed by atoms with van der Waals surface area (Å²) in [6.45, 7) is 1.55. The van der Waals surface area contributed by atoms with Crippen LogP contribution in [0.4, 0.5) is 5.69 Å². The molecule has 4 heteroatoms. The van der Waals surface area contributed by atoms with Gasteiger partial charge in [0.2, 0.25) is 5.91 Å². The van der Waals surface area contributed by atoms with Gasteiger partial charge in [-0.1, -0.05) is 18.6 Å². The molecule has 102 valence electrons. The number of rotatable bonds is 1. The smallest absolute Gasteiger partial charge is 0.235 e. The molecule has 2 aliphatic heterocycles. The summed E-state index contributed by atoms with van der Waals surface area (Å²) < 4.78 is 0. The molecule has 2 heterocycles. The van der Waals surface area contributed by atoms with E-state index in [1.807, 2.05) is 28.8 Å². The predicted octanol–water partition coefficient (Wildman–Crippen LogP) is 2.44. The van der Waals surface area contributed by atoms with Crippen LogP contribution in [0.5, 0.6) is 0 Å². The number of carbonyl (C=O) groups excluding carboxylic acids is 1. The zero-order chi connectivity index (χ0) is 13.2. The molecule has 0 aliphatic carbocycles. The Hall–Kier alpha value is -1.16. The fraction of sp³-hybridized carbons (Fsp3) is 0.533. The van der Waals surface area contributed by atoms with E-state index in [1.54, 1.807) is 0 Å². The van der Waals surface area contributed by atoms with Gasteiger partial charge in [-0.25, -0.2) is 0 Å². The molecule has 2 aliphatic rings. The standard InChI is InChI=1S/C15H20N2OS/c16-13-5-3-4-11-10-17(8-7-12(11)13)15(18)14-6-1-2-9-19-14/h3-5,14H,1-2,6-10,16H2. The molecule has 1 aromatic carbocycles. The number of thioether (sulfide) groups is 1. The summed E-state index contributed by atoms with van der Waals surface area (Å²) in [6.07, 6.45) is 4.39. The average molecular weight is 276 g/mol. The SMILES string of the molecule is Nc1cccc2c1CCN(C(=O)C1CCCCS1)C2. The van der Waals surface area contributed by atoms with Crippen LogP contribution in [-0.4, -0.2) is 28.4 Å². The fourth-order valence-electron chi connectivity index (χ4n) is 2.97. The van der Waals surface area contributed by atoms with E-state index in [9.17, 15) is 4.79 Å². The van der Waals surface area contributed by atoms with E-state index in [4.69, 9.17) is 5.73 Å². The van der Waals surface area contributed by atoms with Crippen molar-refractivity contribution >= 4 is 23.4 Å². The van der Waals surface area contributed by atoms with E-state index in [0.717, 1.165) is 37.4 Å². The number of nitrogens with two attached hydrogens (primary N) is 1. The van der Waals surface area contributed by atoms with E-state index < -0.39 is 0 Å². The number of benzene rings is 1. The van der Waals surface area contributed by atoms with Crippen LogP contribution in [0.2, 0.25) is 0 Å². The Morgan fingerprint density at radius 2 is 2.26 bits per heavy atom. The van der Waals surface area contributed by atoms with Crippen LogP contribution < -0.4 is 5.73 Å². The fourth-order valence-corrected chi connectivity index (χ4v) is 4.25. The molecule has 0 radical (unpaired) electrons. The van der Waals surface area contributed by atoms with Crippen molar-refractivity contribution in [2.24, 2.45) is 0 Å². The van der Waals surface area contributed by atoms with Gasteiger partial charge in [-0.3, -0.25) is 4.79 Å². The number of carbonyl (C=O) groups is 1. The van der Waals surface area contributed by atoms with Crippen molar-refractivity contribution in [1.29, 1.82) is 0 Å². The number of hydrogen-bond acceptors (Lipinski definition) is 3. The van der Waals surface area contributed by atoms with Crippen molar-refractivity contribution in [3.63, 3.8) is 0 Å². The molecular weight excluding hydrogens is 256 g/mol. The molecule has 0 spiro atoms. The highest BCUT2D eigenvalue weighted by molar-refractivity contribution is 8.00. The maximum absolute atomic E-state index is 12.5. The lowest BCUT2D eigenvalue weighted by atomic mass is 9.97. The number of anilines is 1. The molecule has 1 unspecified atom stereocenters. The molecule has 1 aromatic rings. The molecular formula is C15H20N2OS. The summed E-state index contributed by atoms with van der Waals surface area (Å²) in [5.74, 6) is 1.46. The lowest BCUT2D eigenvalue weighted by Gasteiger charge is -2.33. The third-order valence-corrected chi connectivity index (χ3v) is 5.43. The molecule has 1 fully saturated rings. The molecule has 1 saturated heterocycles. The Morgan fingerprint density at radius 3 is 3.05 bits per heavy atom. The number of amides is 1. The zero-order valence-electron chi connectivity index (χ0n) is 11.1. The summed E-state index contributed by atoms with van der Waals surface area (Å²) in [5, 5.41) is 0.191. The number of hydrogen-bond donors (Lipinski definition) is 1. The number of nitrogens with zero attached hydrogens (tertiary/aromatic N) is 1. The minimum atomic E-state index is 0.191. The predicted molar refractivity (Wildman–Crippen MR) is 80.1 cm³/mol. The van der Waals surface area contributed by atoms with Crippen molar-refractivity contribution < 1.29 is 4.79 Å². The van der Waals surface area contributed by atoms with Crippen LogP contribution in [0.15, 0.2) is 18.2 Å². The highest BCUT2D eigenvalue weighted by Crippen LogP contribution is 2.29. The van der Waals surface area contributed by atoms with E-state index >= 15 is 0 Å². The first-order valence-electron chi connectivity index (χ1n) is 7.02. The highest BCUT2D eigenvalue weighted by Gasteiger charge is 2.29. The lowest BCUT2D eigenvalue weighted by molar-refractivity contribution is -0.131. The molecule has 1 amide bonds. The van der Waals surface area contributed by atoms with E-state index in [0.29, 0.717) is 5.91 Å². The van der Waals surface area contributed by atoms with Crippen molar-refractivity contribution in [3.8, 4) is 0 Å². The molecule has 3 rings (SSSR count). The summed E-state index contributed by atoms with van der Waals surface area (Å²) >= 11 is 1.83. The summed E-state index contributed by atoms with van der Waals surface area (Å²) in [4.78, 5) is 14.5. The molecule has 2 N–H and O–H groups in total. The summed E-state index contributed by atoms with van der Waals surface area (Å²) in [5.41, 5.74) is 9.33. The second kappa shape index (κ2) is 5.45. The maximum Gasteiger partial charge on any atom is 0.235 e. The van der Waals surface area contributed by atoms with Crippen LogP contribution in [-0.2, 0) is 17.8 Å². The Kier molecular flexibility index (Phi) is 3.69. The van der Waals surface area contributed by atoms with Gasteiger partial charge in [0.15, 0.2) is 0 Å². The van der Waals surface area contributed by atoms with Crippen molar-refractivity contribution in [3.05, 3.63) is 29.3 Å². The Morgan fingerprint density at radius 1 is 1.37 bits per heavy atom. The Balaban J connectivity index is 1.73. The van der Waals surface area contributed by atoms with Gasteiger partial charge in [0, 0.05) is 18.8 Å². The van der Waals surface area contributed by atoms with Gasteiger partial charge in [0.05, 0.1) is 5.25 Å². The van der Waals surface area contributed by atoms with Crippen LogP contribution >= 0.6 is 11.8 Å². The van der Waals surface area contributed by atoms with Crippen molar-refractivity contribution in [2.75, 3.05) is 18.0 Å². The zero-order valence-corrected chi connectivity index (χ0v) is 11.9. The first kappa shape index (κ1) is 12.9. The van der Waals surface area contributed by atoms with Crippen molar-refractivity contribution in [1.82, 2.24) is 4.90 Å². The van der Waals surface area contributed by atoms with Crippen LogP contribution in [0.1, 0.15) is 30.4 Å². The molecule has 0 saturated carbocycles. The Bertz CT molecular complexity index is 483. The second-order valence-electron chi connectivity index (χ2n) is 5.35. The van der Waals surface area contributed by atoms with Crippen LogP contribution in [0.3, 0.4) is 0 Å². The summed E-state index contributed by atoms with van der Waals surface area (Å²) in [7, 11) is 0. The third-order valence-electron chi connectivity index (χ3n) is 4.07. The van der Waals surface area contributed by atoms with Crippen LogP contribution in [0, 0.1) is 0 Å². The van der Waals surface area contributed by atoms with Gasteiger partial charge < -0.3 is 10.6 Å². The van der Waals surface area contributed by atoms with E-state index in [2.05, 4.69) is 6.07 Å². The quantitative estimate of drug-likeness (QED) is 0.801. The Labute approximate surface area is 118 Å². The van der Waals surface area contributed by atoms with Gasteiger partial charge in [0.1, 0.15) is 0 Å². The maximum atomic E-state index is 12.5. The molecule has 0 aromatic heterocycles. The van der Waals surface area contributed by atoms with E-state index in [-0.39, 0.29) is 5.25 Å². The highest BCUT2D eigenvalue weighted by atomic mass is 32.2. The van der Waals surface area contributed by atoms with Gasteiger partial charge in [-0.2, -0.15) is 0 Å². The van der Waals surface area contributed by atoms with Crippen molar-refractivity contribution in [2.45, 2.75) is 37.5 Å². The topological polar surface area (TPSA) is 46.3 Å².